The van der Waals surface area contributed by atoms with Crippen LogP contribution in [0.25, 0.3) is 22.4 Å². The molecule has 9 nitrogen and oxygen atoms in total. The number of pyridine rings is 1. The fourth-order valence-electron chi connectivity index (χ4n) is 5.58. The fourth-order valence-corrected chi connectivity index (χ4v) is 6.54. The molecule has 1 aromatic carbocycles. The van der Waals surface area contributed by atoms with E-state index in [0.717, 1.165) is 54.7 Å². The van der Waals surface area contributed by atoms with Gasteiger partial charge in [0.25, 0.3) is 0 Å². The second-order valence-electron chi connectivity index (χ2n) is 11.3. The van der Waals surface area contributed by atoms with Crippen LogP contribution < -0.4 is 5.32 Å². The molecule has 2 atom stereocenters. The molecule has 0 bridgehead atoms. The first-order chi connectivity index (χ1) is 19.1. The topological polar surface area (TPSA) is 104 Å². The Hall–Kier alpha value is -3.50. The van der Waals surface area contributed by atoms with Crippen molar-refractivity contribution in [1.82, 2.24) is 24.3 Å². The van der Waals surface area contributed by atoms with Gasteiger partial charge < -0.3 is 10.1 Å². The summed E-state index contributed by atoms with van der Waals surface area (Å²) in [6, 6.07) is 7.70. The average Bonchev–Trinajstić information content (AvgIpc) is 3.63. The van der Waals surface area contributed by atoms with Crippen LogP contribution in [0.4, 0.5) is 11.4 Å². The molecule has 2 unspecified atom stereocenters. The molecular formula is C30H36N6O3S. The fraction of sp³-hybridized carbons (Fsp3) is 0.433. The summed E-state index contributed by atoms with van der Waals surface area (Å²) in [7, 11) is -0.722. The first-order valence-electron chi connectivity index (χ1n) is 13.8. The molecule has 40 heavy (non-hydrogen) atoms. The number of Topliss-reactive ketones (excluding diaryl/α,β-unsaturated/α-hetero) is 1. The van der Waals surface area contributed by atoms with Gasteiger partial charge in [0.05, 0.1) is 27.7 Å². The minimum Gasteiger partial charge on any atom is -0.358 e. The lowest BCUT2D eigenvalue weighted by Gasteiger charge is -2.25. The highest BCUT2D eigenvalue weighted by atomic mass is 32.2. The number of rotatable bonds is 8. The molecule has 4 aromatic rings. The molecule has 1 saturated carbocycles. The van der Waals surface area contributed by atoms with Crippen molar-refractivity contribution in [1.29, 1.82) is 0 Å². The zero-order valence-corrected chi connectivity index (χ0v) is 24.4. The number of fused-ring (bicyclic) bond motifs is 1. The summed E-state index contributed by atoms with van der Waals surface area (Å²) in [5.74, 6) is 5.17. The molecular weight excluding hydrogens is 524 g/mol. The molecule has 6 rings (SSSR count). The van der Waals surface area contributed by atoms with Gasteiger partial charge in [-0.1, -0.05) is 6.07 Å². The molecule has 2 aliphatic rings. The van der Waals surface area contributed by atoms with Crippen molar-refractivity contribution in [2.45, 2.75) is 63.5 Å². The maximum Gasteiger partial charge on any atom is 0.164 e. The first kappa shape index (κ1) is 26.7. The zero-order chi connectivity index (χ0) is 28.2. The van der Waals surface area contributed by atoms with Crippen LogP contribution in [0.2, 0.25) is 0 Å². The van der Waals surface area contributed by atoms with E-state index >= 15 is 0 Å². The van der Waals surface area contributed by atoms with Crippen LogP contribution in [-0.4, -0.2) is 53.0 Å². The van der Waals surface area contributed by atoms with Crippen LogP contribution >= 0.6 is 0 Å². The zero-order valence-electron chi connectivity index (χ0n) is 23.6. The van der Waals surface area contributed by atoms with Gasteiger partial charge >= 0.3 is 0 Å². The lowest BCUT2D eigenvalue weighted by atomic mass is 10.1. The van der Waals surface area contributed by atoms with E-state index in [0.29, 0.717) is 39.7 Å². The molecule has 210 valence electrons. The van der Waals surface area contributed by atoms with Gasteiger partial charge in [-0.05, 0) is 85.1 Å². The highest BCUT2D eigenvalue weighted by molar-refractivity contribution is 7.99. The molecule has 0 amide bonds. The molecule has 1 aliphatic carbocycles. The van der Waals surface area contributed by atoms with E-state index < -0.39 is 9.52 Å². The van der Waals surface area contributed by atoms with Gasteiger partial charge in [-0.15, -0.1) is 0 Å². The average molecular weight is 561 g/mol. The Morgan fingerprint density at radius 1 is 1.15 bits per heavy atom. The molecule has 0 radical (unpaired) electrons. The third-order valence-corrected chi connectivity index (χ3v) is 8.98. The van der Waals surface area contributed by atoms with Crippen molar-refractivity contribution in [3.8, 4) is 11.3 Å². The van der Waals surface area contributed by atoms with Crippen LogP contribution in [0.5, 0.6) is 0 Å². The minimum atomic E-state index is -2.61. The Morgan fingerprint density at radius 3 is 2.60 bits per heavy atom. The van der Waals surface area contributed by atoms with Crippen LogP contribution in [0.1, 0.15) is 55.4 Å². The maximum absolute atomic E-state index is 13.4. The second kappa shape index (κ2) is 10.2. The number of carbonyl (C=O) groups is 1. The summed E-state index contributed by atoms with van der Waals surface area (Å²) >= 11 is 0. The number of anilines is 2. The number of benzene rings is 1. The van der Waals surface area contributed by atoms with Crippen molar-refractivity contribution in [2.75, 3.05) is 18.2 Å². The van der Waals surface area contributed by atoms with Gasteiger partial charge in [-0.25, -0.2) is 9.97 Å². The number of imidazole rings is 1. The van der Waals surface area contributed by atoms with E-state index in [4.69, 9.17) is 14.7 Å². The quantitative estimate of drug-likeness (QED) is 0.298. The molecule has 2 fully saturated rings. The third-order valence-electron chi connectivity index (χ3n) is 7.71. The number of aryl methyl sites for hydroxylation is 3. The van der Waals surface area contributed by atoms with Gasteiger partial charge in [0.15, 0.2) is 5.65 Å². The number of hydrogen-bond donors (Lipinski definition) is 1. The van der Waals surface area contributed by atoms with E-state index in [2.05, 4.69) is 20.9 Å². The van der Waals surface area contributed by atoms with Gasteiger partial charge in [-0.3, -0.25) is 18.3 Å². The lowest BCUT2D eigenvalue weighted by Crippen LogP contribution is -2.19. The van der Waals surface area contributed by atoms with Crippen molar-refractivity contribution in [3.05, 3.63) is 47.5 Å². The van der Waals surface area contributed by atoms with E-state index in [9.17, 15) is 9.00 Å². The molecule has 1 aliphatic heterocycles. The second-order valence-corrected chi connectivity index (χ2v) is 13.7. The Labute approximate surface area is 235 Å². The van der Waals surface area contributed by atoms with Crippen LogP contribution in [0.15, 0.2) is 35.4 Å². The number of nitrogens with zero attached hydrogens (tertiary/aromatic N) is 5. The lowest BCUT2D eigenvalue weighted by molar-refractivity contribution is -0.119. The Balaban J connectivity index is 1.47. The largest absolute Gasteiger partial charge is 0.358 e. The number of ketones is 1. The highest BCUT2D eigenvalue weighted by Gasteiger charge is 2.30. The summed E-state index contributed by atoms with van der Waals surface area (Å²) in [5, 5.41) is 8.10. The van der Waals surface area contributed by atoms with Crippen molar-refractivity contribution < 1.29 is 13.7 Å². The Kier molecular flexibility index (Phi) is 6.78. The smallest absolute Gasteiger partial charge is 0.164 e. The minimum absolute atomic E-state index is 0.140. The Morgan fingerprint density at radius 2 is 1.95 bits per heavy atom. The number of nitrogens with one attached hydrogen (secondary N) is 1. The molecule has 1 saturated heterocycles. The number of carbonyl (C=O) groups excluding carboxylic acids is 1. The summed E-state index contributed by atoms with van der Waals surface area (Å²) < 4.78 is 23.4. The number of ether oxygens (including phenoxy) is 1. The van der Waals surface area contributed by atoms with Crippen molar-refractivity contribution in [3.63, 3.8) is 0 Å². The van der Waals surface area contributed by atoms with Crippen LogP contribution in [-0.2, 0) is 32.5 Å². The summed E-state index contributed by atoms with van der Waals surface area (Å²) in [6.45, 7) is 4.67. The summed E-state index contributed by atoms with van der Waals surface area (Å²) in [4.78, 5) is 23.2. The van der Waals surface area contributed by atoms with Crippen molar-refractivity contribution in [2.24, 2.45) is 13.0 Å². The molecule has 10 heteroatoms. The number of hydrogen-bond acceptors (Lipinski definition) is 7. The molecule has 3 aromatic heterocycles. The maximum atomic E-state index is 13.4. The van der Waals surface area contributed by atoms with Crippen molar-refractivity contribution >= 4 is 43.7 Å². The standard InChI is InChI=1S/C30H36N6O3S/c1-18-17-35(3)34-28(18)21-11-12-23(26(14-21)40(4,5)38)33-24-15-22(16-25(37)20-9-10-20)32-30-29(24)31-19(2)36(30)27-8-6-7-13-39-27/h11-12,14-15,17,20,27H,4,6-10,13,16H2,1-3,5H3,(H,32,33). The first-order valence-corrected chi connectivity index (χ1v) is 16.0. The monoisotopic (exact) mass is 560 g/mol. The van der Waals surface area contributed by atoms with E-state index in [1.165, 1.54) is 0 Å². The van der Waals surface area contributed by atoms with E-state index in [1.807, 2.05) is 51.4 Å². The highest BCUT2D eigenvalue weighted by Crippen LogP contribution is 2.36. The predicted octanol–water partition coefficient (Wildman–Crippen LogP) is 5.12. The van der Waals surface area contributed by atoms with E-state index in [1.54, 1.807) is 10.9 Å². The van der Waals surface area contributed by atoms with Gasteiger partial charge in [0, 0.05) is 44.0 Å². The Bertz CT molecular complexity index is 1730. The van der Waals surface area contributed by atoms with Gasteiger partial charge in [0.2, 0.25) is 0 Å². The molecule has 0 spiro atoms. The van der Waals surface area contributed by atoms with Crippen LogP contribution in [0.3, 0.4) is 0 Å². The normalized spacial score (nSPS) is 19.1. The molecule has 1 N–H and O–H groups in total. The number of aromatic nitrogens is 5. The van der Waals surface area contributed by atoms with Gasteiger partial charge in [0.1, 0.15) is 23.4 Å². The molecule has 4 heterocycles. The third kappa shape index (κ3) is 5.17. The van der Waals surface area contributed by atoms with Gasteiger partial charge in [-0.2, -0.15) is 5.10 Å². The SMILES string of the molecule is C=S(C)(=O)c1cc(-c2nn(C)cc2C)ccc1Nc1cc(CC(=O)C2CC2)nc2c1nc(C)n2C1CCCCO1. The summed E-state index contributed by atoms with van der Waals surface area (Å²) in [6.07, 6.45) is 8.66. The van der Waals surface area contributed by atoms with Crippen LogP contribution in [0, 0.1) is 19.8 Å². The summed E-state index contributed by atoms with van der Waals surface area (Å²) in [5.41, 5.74) is 6.22. The van der Waals surface area contributed by atoms with E-state index in [-0.39, 0.29) is 24.3 Å². The predicted molar refractivity (Wildman–Crippen MR) is 159 cm³/mol.